The van der Waals surface area contributed by atoms with Gasteiger partial charge in [0.15, 0.2) is 0 Å². The molecule has 2 aliphatic rings. The van der Waals surface area contributed by atoms with Crippen molar-refractivity contribution in [2.24, 2.45) is 0 Å². The lowest BCUT2D eigenvalue weighted by Gasteiger charge is -2.36. The number of nitrogens with zero attached hydrogens (tertiary/aromatic N) is 3. The highest BCUT2D eigenvalue weighted by Crippen LogP contribution is 2.23. The van der Waals surface area contributed by atoms with Crippen LogP contribution in [0.5, 0.6) is 0 Å². The molecular formula is C17H23Cl2N3O3S. The first-order chi connectivity index (χ1) is 12.4. The van der Waals surface area contributed by atoms with E-state index in [0.717, 1.165) is 25.7 Å². The summed E-state index contributed by atoms with van der Waals surface area (Å²) in [6.07, 6.45) is 3.97. The Balaban J connectivity index is 1.65. The molecule has 2 saturated heterocycles. The molecule has 0 radical (unpaired) electrons. The summed E-state index contributed by atoms with van der Waals surface area (Å²) in [7, 11) is -3.46. The van der Waals surface area contributed by atoms with Gasteiger partial charge in [-0.05, 0) is 31.0 Å². The first kappa shape index (κ1) is 19.9. The fourth-order valence-electron chi connectivity index (χ4n) is 3.39. The van der Waals surface area contributed by atoms with Crippen LogP contribution in [-0.2, 0) is 10.2 Å². The van der Waals surface area contributed by atoms with Crippen LogP contribution >= 0.6 is 23.2 Å². The van der Waals surface area contributed by atoms with Gasteiger partial charge in [0.05, 0.1) is 10.6 Å². The van der Waals surface area contributed by atoms with Crippen LogP contribution in [-0.4, -0.2) is 67.1 Å². The van der Waals surface area contributed by atoms with Crippen molar-refractivity contribution in [1.29, 1.82) is 0 Å². The molecule has 1 aromatic rings. The largest absolute Gasteiger partial charge is 0.336 e. The third-order valence-electron chi connectivity index (χ3n) is 4.90. The van der Waals surface area contributed by atoms with Crippen molar-refractivity contribution >= 4 is 39.3 Å². The van der Waals surface area contributed by atoms with E-state index in [-0.39, 0.29) is 5.91 Å². The molecule has 144 valence electrons. The normalized spacial score (nSPS) is 20.8. The number of piperazine rings is 1. The number of carbonyl (C=O) groups is 1. The van der Waals surface area contributed by atoms with Gasteiger partial charge >= 0.3 is 0 Å². The van der Waals surface area contributed by atoms with Gasteiger partial charge in [-0.25, -0.2) is 0 Å². The van der Waals surface area contributed by atoms with Crippen LogP contribution in [0.3, 0.4) is 0 Å². The number of carbonyl (C=O) groups excluding carboxylic acids is 1. The van der Waals surface area contributed by atoms with Crippen LogP contribution in [0.4, 0.5) is 0 Å². The highest BCUT2D eigenvalue weighted by Gasteiger charge is 2.34. The minimum atomic E-state index is -3.46. The van der Waals surface area contributed by atoms with Gasteiger partial charge in [0, 0.05) is 44.3 Å². The van der Waals surface area contributed by atoms with Crippen molar-refractivity contribution in [2.75, 3.05) is 39.3 Å². The maximum atomic E-state index is 12.8. The minimum absolute atomic E-state index is 0.218. The van der Waals surface area contributed by atoms with Gasteiger partial charge in [0.2, 0.25) is 0 Å². The highest BCUT2D eigenvalue weighted by molar-refractivity contribution is 7.86. The Morgan fingerprint density at radius 2 is 1.42 bits per heavy atom. The molecule has 0 atom stereocenters. The summed E-state index contributed by atoms with van der Waals surface area (Å²) in [5.74, 6) is -0.218. The van der Waals surface area contributed by atoms with Gasteiger partial charge in [0.25, 0.3) is 16.1 Å². The van der Waals surface area contributed by atoms with Crippen molar-refractivity contribution in [3.63, 3.8) is 0 Å². The van der Waals surface area contributed by atoms with Crippen LogP contribution in [0.2, 0.25) is 10.0 Å². The van der Waals surface area contributed by atoms with E-state index < -0.39 is 10.2 Å². The Morgan fingerprint density at radius 1 is 0.846 bits per heavy atom. The van der Waals surface area contributed by atoms with E-state index in [9.17, 15) is 13.2 Å². The Bertz CT molecular complexity index is 757. The average molecular weight is 420 g/mol. The molecule has 26 heavy (non-hydrogen) atoms. The molecular weight excluding hydrogens is 397 g/mol. The zero-order valence-corrected chi connectivity index (χ0v) is 16.9. The average Bonchev–Trinajstić information content (AvgIpc) is 2.93. The standard InChI is InChI=1S/C17H23Cl2N3O3S/c18-14-5-6-16(19)15(13-14)17(23)20-9-11-22(12-10-20)26(24,25)21-7-3-1-2-4-8-21/h5-6,13H,1-4,7-12H2. The first-order valence-electron chi connectivity index (χ1n) is 8.89. The third kappa shape index (κ3) is 4.34. The molecule has 0 saturated carbocycles. The monoisotopic (exact) mass is 419 g/mol. The van der Waals surface area contributed by atoms with Crippen LogP contribution < -0.4 is 0 Å². The van der Waals surface area contributed by atoms with Gasteiger partial charge in [-0.15, -0.1) is 0 Å². The third-order valence-corrected chi connectivity index (χ3v) is 7.50. The summed E-state index contributed by atoms with van der Waals surface area (Å²) in [6, 6.07) is 4.77. The van der Waals surface area contributed by atoms with Crippen LogP contribution in [0.15, 0.2) is 18.2 Å². The van der Waals surface area contributed by atoms with Gasteiger partial charge < -0.3 is 4.90 Å². The van der Waals surface area contributed by atoms with E-state index in [0.29, 0.717) is 54.9 Å². The lowest BCUT2D eigenvalue weighted by atomic mass is 10.2. The predicted octanol–water partition coefficient (Wildman–Crippen LogP) is 2.87. The molecule has 2 aliphatic heterocycles. The number of rotatable bonds is 3. The molecule has 1 aromatic carbocycles. The topological polar surface area (TPSA) is 60.9 Å². The number of hydrogen-bond acceptors (Lipinski definition) is 3. The maximum Gasteiger partial charge on any atom is 0.282 e. The van der Waals surface area contributed by atoms with Crippen molar-refractivity contribution in [3.05, 3.63) is 33.8 Å². The zero-order valence-electron chi connectivity index (χ0n) is 14.5. The zero-order chi connectivity index (χ0) is 18.7. The van der Waals surface area contributed by atoms with Crippen LogP contribution in [0, 0.1) is 0 Å². The van der Waals surface area contributed by atoms with Crippen molar-refractivity contribution in [3.8, 4) is 0 Å². The quantitative estimate of drug-likeness (QED) is 0.756. The Labute approximate surface area is 164 Å². The van der Waals surface area contributed by atoms with E-state index in [1.165, 1.54) is 4.31 Å². The Hall–Kier alpha value is -0.860. The van der Waals surface area contributed by atoms with Crippen LogP contribution in [0.25, 0.3) is 0 Å². The molecule has 2 heterocycles. The molecule has 9 heteroatoms. The molecule has 0 spiro atoms. The number of amides is 1. The summed E-state index contributed by atoms with van der Waals surface area (Å²) < 4.78 is 28.8. The first-order valence-corrected chi connectivity index (χ1v) is 11.0. The van der Waals surface area contributed by atoms with E-state index >= 15 is 0 Å². The molecule has 6 nitrogen and oxygen atoms in total. The molecule has 3 rings (SSSR count). The van der Waals surface area contributed by atoms with E-state index in [1.807, 2.05) is 0 Å². The van der Waals surface area contributed by atoms with Gasteiger partial charge in [-0.3, -0.25) is 4.79 Å². The number of hydrogen-bond donors (Lipinski definition) is 0. The maximum absolute atomic E-state index is 12.8. The SMILES string of the molecule is O=C(c1cc(Cl)ccc1Cl)N1CCN(S(=O)(=O)N2CCCCCC2)CC1. The Kier molecular flexibility index (Phi) is 6.45. The molecule has 0 bridgehead atoms. The molecule has 2 fully saturated rings. The highest BCUT2D eigenvalue weighted by atomic mass is 35.5. The smallest absolute Gasteiger partial charge is 0.282 e. The molecule has 0 aliphatic carbocycles. The van der Waals surface area contributed by atoms with Crippen molar-refractivity contribution < 1.29 is 13.2 Å². The predicted molar refractivity (Wildman–Crippen MR) is 103 cm³/mol. The summed E-state index contributed by atoms with van der Waals surface area (Å²) in [4.78, 5) is 14.3. The lowest BCUT2D eigenvalue weighted by Crippen LogP contribution is -2.54. The second-order valence-electron chi connectivity index (χ2n) is 6.64. The fourth-order valence-corrected chi connectivity index (χ4v) is 5.43. The fraction of sp³-hybridized carbons (Fsp3) is 0.588. The summed E-state index contributed by atoms with van der Waals surface area (Å²) in [5.41, 5.74) is 0.350. The molecule has 1 amide bonds. The molecule has 0 unspecified atom stereocenters. The second kappa shape index (κ2) is 8.44. The summed E-state index contributed by atoms with van der Waals surface area (Å²) in [5, 5.41) is 0.791. The summed E-state index contributed by atoms with van der Waals surface area (Å²) in [6.45, 7) is 2.44. The number of benzene rings is 1. The van der Waals surface area contributed by atoms with Crippen molar-refractivity contribution in [2.45, 2.75) is 25.7 Å². The van der Waals surface area contributed by atoms with Gasteiger partial charge in [-0.1, -0.05) is 36.0 Å². The second-order valence-corrected chi connectivity index (χ2v) is 9.41. The summed E-state index contributed by atoms with van der Waals surface area (Å²) >= 11 is 12.1. The van der Waals surface area contributed by atoms with E-state index in [1.54, 1.807) is 27.4 Å². The Morgan fingerprint density at radius 3 is 2.04 bits per heavy atom. The van der Waals surface area contributed by atoms with E-state index in [4.69, 9.17) is 23.2 Å². The molecule has 0 aromatic heterocycles. The van der Waals surface area contributed by atoms with Gasteiger partial charge in [0.1, 0.15) is 0 Å². The minimum Gasteiger partial charge on any atom is -0.336 e. The van der Waals surface area contributed by atoms with Crippen molar-refractivity contribution in [1.82, 2.24) is 13.5 Å². The van der Waals surface area contributed by atoms with Crippen LogP contribution in [0.1, 0.15) is 36.0 Å². The lowest BCUT2D eigenvalue weighted by molar-refractivity contribution is 0.0694. The van der Waals surface area contributed by atoms with Gasteiger partial charge in [-0.2, -0.15) is 17.0 Å². The molecule has 0 N–H and O–H groups in total. The van der Waals surface area contributed by atoms with E-state index in [2.05, 4.69) is 0 Å². The number of halogens is 2.